The molecule has 0 saturated carbocycles. The monoisotopic (exact) mass is 443 g/mol. The number of aryl methyl sites for hydroxylation is 1. The molecule has 0 aliphatic carbocycles. The largest absolute Gasteiger partial charge is 0.361 e. The molecule has 0 bridgehead atoms. The van der Waals surface area contributed by atoms with E-state index in [9.17, 15) is 9.59 Å². The van der Waals surface area contributed by atoms with Crippen LogP contribution in [-0.2, 0) is 4.79 Å². The first kappa shape index (κ1) is 19.7. The minimum absolute atomic E-state index is 0.140. The van der Waals surface area contributed by atoms with Crippen LogP contribution in [0.4, 0.5) is 10.3 Å². The second-order valence-corrected chi connectivity index (χ2v) is 9.48. The smallest absolute Gasteiger partial charge is 0.279 e. The maximum absolute atomic E-state index is 12.0. The summed E-state index contributed by atoms with van der Waals surface area (Å²) >= 11 is 5.27. The molecule has 0 radical (unpaired) electrons. The summed E-state index contributed by atoms with van der Waals surface area (Å²) in [7, 11) is 0. The lowest BCUT2D eigenvalue weighted by Crippen LogP contribution is -2.13. The van der Waals surface area contributed by atoms with Gasteiger partial charge in [0.25, 0.3) is 5.91 Å². The van der Waals surface area contributed by atoms with Crippen LogP contribution in [0.25, 0.3) is 0 Å². The minimum atomic E-state index is -0.436. The van der Waals surface area contributed by atoms with Crippen molar-refractivity contribution < 1.29 is 14.1 Å². The number of anilines is 2. The fourth-order valence-electron chi connectivity index (χ4n) is 1.68. The summed E-state index contributed by atoms with van der Waals surface area (Å²) in [5.74, 6) is 0.916. The molecule has 0 atom stereocenters. The number of thioether (sulfide) groups is 2. The number of rotatable bonds is 8. The van der Waals surface area contributed by atoms with Gasteiger partial charge in [0.2, 0.25) is 16.2 Å². The van der Waals surface area contributed by atoms with E-state index >= 15 is 0 Å². The van der Waals surface area contributed by atoms with Crippen molar-refractivity contribution in [3.8, 4) is 0 Å². The van der Waals surface area contributed by atoms with E-state index in [1.165, 1.54) is 29.2 Å². The molecule has 0 aromatic carbocycles. The van der Waals surface area contributed by atoms with Gasteiger partial charge >= 0.3 is 0 Å². The molecular weight excluding hydrogens is 430 g/mol. The fourth-order valence-corrected chi connectivity index (χ4v) is 4.89. The first-order valence-electron chi connectivity index (χ1n) is 7.50. The molecule has 0 aliphatic heterocycles. The predicted octanol–water partition coefficient (Wildman–Crippen LogP) is 2.78. The number of aromatic nitrogens is 5. The van der Waals surface area contributed by atoms with E-state index in [4.69, 9.17) is 4.52 Å². The van der Waals surface area contributed by atoms with Crippen LogP contribution in [0.5, 0.6) is 0 Å². The summed E-state index contributed by atoms with van der Waals surface area (Å²) in [6.07, 6.45) is 0. The summed E-state index contributed by atoms with van der Waals surface area (Å²) < 4.78 is 6.22. The van der Waals surface area contributed by atoms with Crippen LogP contribution in [0, 0.1) is 6.92 Å². The van der Waals surface area contributed by atoms with Gasteiger partial charge in [-0.25, -0.2) is 0 Å². The zero-order chi connectivity index (χ0) is 19.2. The van der Waals surface area contributed by atoms with Crippen molar-refractivity contribution >= 4 is 68.3 Å². The van der Waals surface area contributed by atoms with Crippen molar-refractivity contribution in [2.24, 2.45) is 0 Å². The van der Waals surface area contributed by atoms with E-state index in [1.807, 2.05) is 6.92 Å². The zero-order valence-electron chi connectivity index (χ0n) is 14.1. The summed E-state index contributed by atoms with van der Waals surface area (Å²) in [4.78, 5) is 24.0. The Balaban J connectivity index is 1.47. The Morgan fingerprint density at radius 2 is 1.74 bits per heavy atom. The molecule has 3 aromatic rings. The fraction of sp³-hybridized carbons (Fsp3) is 0.308. The maximum Gasteiger partial charge on any atom is 0.279 e. The molecule has 2 N–H and O–H groups in total. The van der Waals surface area contributed by atoms with Crippen LogP contribution >= 0.6 is 46.2 Å². The number of nitrogens with one attached hydrogen (secondary N) is 2. The molecule has 27 heavy (non-hydrogen) atoms. The topological polar surface area (TPSA) is 136 Å². The van der Waals surface area contributed by atoms with Crippen LogP contribution in [0.3, 0.4) is 0 Å². The summed E-state index contributed by atoms with van der Waals surface area (Å²) in [5.41, 5.74) is 0.161. The number of carbonyl (C=O) groups excluding carboxylic acids is 2. The zero-order valence-corrected chi connectivity index (χ0v) is 17.4. The van der Waals surface area contributed by atoms with E-state index in [2.05, 4.69) is 36.2 Å². The molecule has 0 fully saturated rings. The van der Waals surface area contributed by atoms with E-state index in [1.54, 1.807) is 18.7 Å². The quantitative estimate of drug-likeness (QED) is 0.395. The third-order valence-electron chi connectivity index (χ3n) is 2.73. The summed E-state index contributed by atoms with van der Waals surface area (Å²) in [5, 5.41) is 25.4. The molecule has 10 nitrogen and oxygen atoms in total. The Kier molecular flexibility index (Phi) is 6.76. The lowest BCUT2D eigenvalue weighted by atomic mass is 10.4. The van der Waals surface area contributed by atoms with Gasteiger partial charge in [-0.05, 0) is 12.7 Å². The molecule has 0 spiro atoms. The van der Waals surface area contributed by atoms with Crippen LogP contribution in [0.15, 0.2) is 19.3 Å². The number of carbonyl (C=O) groups is 2. The molecule has 3 heterocycles. The Morgan fingerprint density at radius 1 is 1.07 bits per heavy atom. The normalized spacial score (nSPS) is 10.7. The number of hydrogen-bond acceptors (Lipinski definition) is 12. The molecule has 0 saturated heterocycles. The molecule has 142 valence electrons. The van der Waals surface area contributed by atoms with Crippen molar-refractivity contribution in [2.45, 2.75) is 22.5 Å². The van der Waals surface area contributed by atoms with Crippen molar-refractivity contribution in [3.05, 3.63) is 17.5 Å². The molecule has 2 amide bonds. The average molecular weight is 444 g/mol. The Hall–Kier alpha value is -2.03. The second-order valence-electron chi connectivity index (χ2n) is 4.79. The van der Waals surface area contributed by atoms with Crippen molar-refractivity contribution in [3.63, 3.8) is 0 Å². The molecule has 0 unspecified atom stereocenters. The maximum atomic E-state index is 12.0. The molecule has 3 aromatic heterocycles. The summed E-state index contributed by atoms with van der Waals surface area (Å²) in [6, 6.07) is 1.52. The second kappa shape index (κ2) is 9.25. The minimum Gasteiger partial charge on any atom is -0.361 e. The van der Waals surface area contributed by atoms with Gasteiger partial charge in [0.1, 0.15) is 5.76 Å². The third-order valence-corrected chi connectivity index (χ3v) is 6.56. The molecular formula is C13H13N7O3S4. The Morgan fingerprint density at radius 3 is 2.37 bits per heavy atom. The first-order chi connectivity index (χ1) is 13.0. The van der Waals surface area contributed by atoms with Crippen molar-refractivity contribution in [1.82, 2.24) is 25.6 Å². The SMILES string of the molecule is CCSc1nnc(NC(=O)CSc2nnc(NC(=O)c3cc(C)on3)s2)s1. The third kappa shape index (κ3) is 5.72. The number of amides is 2. The van der Waals surface area contributed by atoms with Gasteiger partial charge in [-0.2, -0.15) is 0 Å². The highest BCUT2D eigenvalue weighted by atomic mass is 32.2. The summed E-state index contributed by atoms with van der Waals surface area (Å²) in [6.45, 7) is 3.71. The van der Waals surface area contributed by atoms with Gasteiger partial charge in [-0.1, -0.05) is 58.3 Å². The Labute approximate surface area is 169 Å². The lowest BCUT2D eigenvalue weighted by Gasteiger charge is -1.98. The van der Waals surface area contributed by atoms with Crippen LogP contribution < -0.4 is 10.6 Å². The van der Waals surface area contributed by atoms with Crippen LogP contribution in [0.1, 0.15) is 23.2 Å². The average Bonchev–Trinajstić information content (AvgIpc) is 3.35. The van der Waals surface area contributed by atoms with Gasteiger partial charge in [0.15, 0.2) is 14.4 Å². The predicted molar refractivity (Wildman–Crippen MR) is 105 cm³/mol. The number of hydrogen-bond donors (Lipinski definition) is 2. The van der Waals surface area contributed by atoms with E-state index in [0.29, 0.717) is 20.4 Å². The number of nitrogens with zero attached hydrogens (tertiary/aromatic N) is 5. The van der Waals surface area contributed by atoms with Gasteiger partial charge in [0.05, 0.1) is 5.75 Å². The highest BCUT2D eigenvalue weighted by molar-refractivity contribution is 8.01. The van der Waals surface area contributed by atoms with E-state index in [-0.39, 0.29) is 17.4 Å². The molecule has 0 aliphatic rings. The highest BCUT2D eigenvalue weighted by Crippen LogP contribution is 2.27. The van der Waals surface area contributed by atoms with Gasteiger partial charge in [0, 0.05) is 6.07 Å². The van der Waals surface area contributed by atoms with Crippen LogP contribution in [-0.4, -0.2) is 48.9 Å². The molecule has 14 heteroatoms. The standard InChI is InChI=1S/C13H13N7O3S4/c1-3-24-12-18-16-10(26-12)14-8(21)5-25-13-19-17-11(27-13)15-9(22)7-4-6(2)23-20-7/h4H,3,5H2,1-2H3,(H,14,16,21)(H,15,17,22). The molecule has 3 rings (SSSR count). The van der Waals surface area contributed by atoms with Crippen molar-refractivity contribution in [1.29, 1.82) is 0 Å². The van der Waals surface area contributed by atoms with Crippen LogP contribution in [0.2, 0.25) is 0 Å². The van der Waals surface area contributed by atoms with Gasteiger partial charge in [-0.15, -0.1) is 20.4 Å². The lowest BCUT2D eigenvalue weighted by molar-refractivity contribution is -0.113. The van der Waals surface area contributed by atoms with Crippen molar-refractivity contribution in [2.75, 3.05) is 22.1 Å². The van der Waals surface area contributed by atoms with Gasteiger partial charge in [-0.3, -0.25) is 20.2 Å². The van der Waals surface area contributed by atoms with E-state index in [0.717, 1.165) is 21.4 Å². The van der Waals surface area contributed by atoms with Gasteiger partial charge < -0.3 is 4.52 Å². The first-order valence-corrected chi connectivity index (χ1v) is 11.1. The van der Waals surface area contributed by atoms with E-state index < -0.39 is 5.91 Å². The highest BCUT2D eigenvalue weighted by Gasteiger charge is 2.15. The Bertz CT molecular complexity index is 938.